The molecule has 0 saturated heterocycles. The van der Waals surface area contributed by atoms with Crippen molar-refractivity contribution in [1.82, 2.24) is 15.2 Å². The summed E-state index contributed by atoms with van der Waals surface area (Å²) >= 11 is 5.82. The zero-order valence-corrected chi connectivity index (χ0v) is 12.5. The van der Waals surface area contributed by atoms with Crippen molar-refractivity contribution >= 4 is 38.3 Å². The number of halogens is 1. The predicted molar refractivity (Wildman–Crippen MR) is 80.9 cm³/mol. The predicted octanol–water partition coefficient (Wildman–Crippen LogP) is 2.72. The lowest BCUT2D eigenvalue weighted by atomic mass is 10.3. The Morgan fingerprint density at radius 2 is 2.10 bits per heavy atom. The van der Waals surface area contributed by atoms with Crippen LogP contribution in [0.1, 0.15) is 5.69 Å². The molecule has 108 valence electrons. The molecule has 2 aromatic heterocycles. The van der Waals surface area contributed by atoms with Crippen molar-refractivity contribution in [2.45, 2.75) is 11.8 Å². The maximum atomic E-state index is 12.3. The van der Waals surface area contributed by atoms with Crippen molar-refractivity contribution in [2.24, 2.45) is 0 Å². The van der Waals surface area contributed by atoms with Crippen LogP contribution in [0.5, 0.6) is 0 Å². The minimum atomic E-state index is -3.71. The molecule has 0 aliphatic rings. The lowest BCUT2D eigenvalue weighted by Gasteiger charge is -2.08. The number of aryl methyl sites for hydroxylation is 1. The first-order chi connectivity index (χ1) is 9.95. The Morgan fingerprint density at radius 1 is 1.29 bits per heavy atom. The summed E-state index contributed by atoms with van der Waals surface area (Å²) in [7, 11) is -3.71. The van der Waals surface area contributed by atoms with Gasteiger partial charge in [0, 0.05) is 16.1 Å². The number of aromatic nitrogens is 3. The van der Waals surface area contributed by atoms with Crippen molar-refractivity contribution in [2.75, 3.05) is 4.72 Å². The Balaban J connectivity index is 1.98. The first-order valence-electron chi connectivity index (χ1n) is 6.05. The van der Waals surface area contributed by atoms with Gasteiger partial charge in [-0.25, -0.2) is 13.4 Å². The fraction of sp³-hybridized carbons (Fsp3) is 0.0769. The van der Waals surface area contributed by atoms with Crippen LogP contribution in [-0.2, 0) is 10.0 Å². The van der Waals surface area contributed by atoms with Gasteiger partial charge in [-0.3, -0.25) is 9.82 Å². The molecule has 0 aliphatic carbocycles. The molecule has 8 heteroatoms. The standard InChI is InChI=1S/C13H11ClN4O2S/c1-8-12-6-10(7-15-13(12)17-16-8)18-21(19,20)11-4-2-3-9(14)5-11/h2-7,18H,1H3,(H,15,16,17). The van der Waals surface area contributed by atoms with Gasteiger partial charge >= 0.3 is 0 Å². The topological polar surface area (TPSA) is 87.7 Å². The molecule has 0 fully saturated rings. The molecule has 0 bridgehead atoms. The number of sulfonamides is 1. The highest BCUT2D eigenvalue weighted by Gasteiger charge is 2.15. The number of aromatic amines is 1. The van der Waals surface area contributed by atoms with Crippen LogP contribution in [0.25, 0.3) is 11.0 Å². The van der Waals surface area contributed by atoms with Gasteiger partial charge in [0.05, 0.1) is 16.8 Å². The average molecular weight is 323 g/mol. The summed E-state index contributed by atoms with van der Waals surface area (Å²) < 4.78 is 27.1. The van der Waals surface area contributed by atoms with Crippen LogP contribution in [0, 0.1) is 6.92 Å². The molecule has 3 aromatic rings. The van der Waals surface area contributed by atoms with Crippen molar-refractivity contribution in [1.29, 1.82) is 0 Å². The first kappa shape index (κ1) is 13.8. The van der Waals surface area contributed by atoms with Gasteiger partial charge in [-0.2, -0.15) is 5.10 Å². The lowest BCUT2D eigenvalue weighted by molar-refractivity contribution is 0.601. The Kier molecular flexibility index (Phi) is 3.30. The normalized spacial score (nSPS) is 11.7. The van der Waals surface area contributed by atoms with Gasteiger partial charge in [0.1, 0.15) is 0 Å². The molecule has 0 aliphatic heterocycles. The number of nitrogens with zero attached hydrogens (tertiary/aromatic N) is 2. The molecular formula is C13H11ClN4O2S. The van der Waals surface area contributed by atoms with Gasteiger partial charge in [-0.1, -0.05) is 17.7 Å². The largest absolute Gasteiger partial charge is 0.280 e. The van der Waals surface area contributed by atoms with E-state index < -0.39 is 10.0 Å². The number of nitrogens with one attached hydrogen (secondary N) is 2. The van der Waals surface area contributed by atoms with E-state index in [-0.39, 0.29) is 4.90 Å². The third-order valence-electron chi connectivity index (χ3n) is 2.96. The van der Waals surface area contributed by atoms with E-state index in [1.54, 1.807) is 18.2 Å². The molecule has 1 aromatic carbocycles. The number of H-pyrrole nitrogens is 1. The van der Waals surface area contributed by atoms with Gasteiger partial charge in [0.25, 0.3) is 10.0 Å². The molecule has 3 rings (SSSR count). The fourth-order valence-corrected chi connectivity index (χ4v) is 3.26. The second-order valence-electron chi connectivity index (χ2n) is 4.51. The van der Waals surface area contributed by atoms with Gasteiger partial charge in [-0.05, 0) is 31.2 Å². The number of hydrogen-bond acceptors (Lipinski definition) is 4. The third kappa shape index (κ3) is 2.70. The van der Waals surface area contributed by atoms with Crippen LogP contribution in [0.15, 0.2) is 41.4 Å². The summed E-state index contributed by atoms with van der Waals surface area (Å²) in [5.41, 5.74) is 1.73. The maximum absolute atomic E-state index is 12.3. The molecule has 0 unspecified atom stereocenters. The highest BCUT2D eigenvalue weighted by atomic mass is 35.5. The number of benzene rings is 1. The fourth-order valence-electron chi connectivity index (χ4n) is 1.92. The number of pyridine rings is 1. The van der Waals surface area contributed by atoms with Gasteiger partial charge < -0.3 is 0 Å². The summed E-state index contributed by atoms with van der Waals surface area (Å²) in [6, 6.07) is 7.74. The van der Waals surface area contributed by atoms with Gasteiger partial charge in [-0.15, -0.1) is 0 Å². The molecule has 0 spiro atoms. The highest BCUT2D eigenvalue weighted by Crippen LogP contribution is 2.22. The Bertz CT molecular complexity index is 921. The molecule has 2 N–H and O–H groups in total. The average Bonchev–Trinajstić information content (AvgIpc) is 2.80. The molecule has 0 radical (unpaired) electrons. The molecular weight excluding hydrogens is 312 g/mol. The van der Waals surface area contributed by atoms with Crippen molar-refractivity contribution in [3.05, 3.63) is 47.2 Å². The van der Waals surface area contributed by atoms with E-state index in [1.165, 1.54) is 18.3 Å². The summed E-state index contributed by atoms with van der Waals surface area (Å²) in [5.74, 6) is 0. The van der Waals surface area contributed by atoms with Crippen molar-refractivity contribution in [3.63, 3.8) is 0 Å². The van der Waals surface area contributed by atoms with Crippen LogP contribution in [0.4, 0.5) is 5.69 Å². The smallest absolute Gasteiger partial charge is 0.261 e. The summed E-state index contributed by atoms with van der Waals surface area (Å²) in [5, 5.41) is 7.92. The number of anilines is 1. The SMILES string of the molecule is Cc1[nH]nc2ncc(NS(=O)(=O)c3cccc(Cl)c3)cc12. The van der Waals surface area contributed by atoms with E-state index in [0.717, 1.165) is 11.1 Å². The number of rotatable bonds is 3. The second-order valence-corrected chi connectivity index (χ2v) is 6.63. The van der Waals surface area contributed by atoms with E-state index in [1.807, 2.05) is 6.92 Å². The second kappa shape index (κ2) is 5.01. The van der Waals surface area contributed by atoms with Crippen molar-refractivity contribution < 1.29 is 8.42 Å². The molecule has 21 heavy (non-hydrogen) atoms. The molecule has 6 nitrogen and oxygen atoms in total. The lowest BCUT2D eigenvalue weighted by Crippen LogP contribution is -2.13. The molecule has 0 amide bonds. The van der Waals surface area contributed by atoms with E-state index >= 15 is 0 Å². The number of fused-ring (bicyclic) bond motifs is 1. The van der Waals surface area contributed by atoms with Gasteiger partial charge in [0.15, 0.2) is 5.65 Å². The molecule has 0 saturated carbocycles. The third-order valence-corrected chi connectivity index (χ3v) is 4.57. The van der Waals surface area contributed by atoms with Crippen LogP contribution < -0.4 is 4.72 Å². The Morgan fingerprint density at radius 3 is 2.86 bits per heavy atom. The zero-order valence-electron chi connectivity index (χ0n) is 11.0. The quantitative estimate of drug-likeness (QED) is 0.776. The minimum absolute atomic E-state index is 0.0963. The van der Waals surface area contributed by atoms with E-state index in [4.69, 9.17) is 11.6 Å². The monoisotopic (exact) mass is 322 g/mol. The summed E-state index contributed by atoms with van der Waals surface area (Å²) in [4.78, 5) is 4.20. The van der Waals surface area contributed by atoms with E-state index in [9.17, 15) is 8.42 Å². The van der Waals surface area contributed by atoms with Crippen molar-refractivity contribution in [3.8, 4) is 0 Å². The summed E-state index contributed by atoms with van der Waals surface area (Å²) in [6.07, 6.45) is 1.42. The van der Waals surface area contributed by atoms with E-state index in [2.05, 4.69) is 19.9 Å². The molecule has 2 heterocycles. The first-order valence-corrected chi connectivity index (χ1v) is 7.91. The Labute approximate surface area is 126 Å². The minimum Gasteiger partial charge on any atom is -0.280 e. The zero-order chi connectivity index (χ0) is 15.0. The van der Waals surface area contributed by atoms with Crippen LogP contribution in [-0.4, -0.2) is 23.6 Å². The molecule has 0 atom stereocenters. The highest BCUT2D eigenvalue weighted by molar-refractivity contribution is 7.92. The maximum Gasteiger partial charge on any atom is 0.261 e. The Hall–Kier alpha value is -2.12. The van der Waals surface area contributed by atoms with Crippen LogP contribution >= 0.6 is 11.6 Å². The van der Waals surface area contributed by atoms with E-state index in [0.29, 0.717) is 16.4 Å². The van der Waals surface area contributed by atoms with Crippen LogP contribution in [0.2, 0.25) is 5.02 Å². The number of hydrogen-bond donors (Lipinski definition) is 2. The van der Waals surface area contributed by atoms with Gasteiger partial charge in [0.2, 0.25) is 0 Å². The summed E-state index contributed by atoms with van der Waals surface area (Å²) in [6.45, 7) is 1.84. The van der Waals surface area contributed by atoms with Crippen LogP contribution in [0.3, 0.4) is 0 Å².